The standard InChI is InChI=1S/C11H14N4OS/c1-11(2,3)17-7-4-5-8-9(6-7)15(16)14-10(12)13-8/h4-6H,1-3H3,(H2,12,13,14). The lowest BCUT2D eigenvalue weighted by Crippen LogP contribution is -2.33. The van der Waals surface area contributed by atoms with E-state index < -0.39 is 0 Å². The summed E-state index contributed by atoms with van der Waals surface area (Å²) in [5.74, 6) is -0.0104. The lowest BCUT2D eigenvalue weighted by Gasteiger charge is -2.17. The first-order valence-electron chi connectivity index (χ1n) is 5.21. The Bertz CT molecular complexity index is 565. The lowest BCUT2D eigenvalue weighted by molar-refractivity contribution is -0.641. The number of aromatic nitrogens is 3. The Hall–Kier alpha value is -1.56. The zero-order valence-electron chi connectivity index (χ0n) is 9.97. The molecule has 90 valence electrons. The molecule has 0 saturated heterocycles. The average molecular weight is 250 g/mol. The number of fused-ring (bicyclic) bond motifs is 1. The fraction of sp³-hybridized carbons (Fsp3) is 0.364. The van der Waals surface area contributed by atoms with Crippen molar-refractivity contribution in [3.63, 3.8) is 0 Å². The Morgan fingerprint density at radius 1 is 1.35 bits per heavy atom. The van der Waals surface area contributed by atoms with Gasteiger partial charge in [0, 0.05) is 15.7 Å². The largest absolute Gasteiger partial charge is 0.594 e. The van der Waals surface area contributed by atoms with E-state index in [1.807, 2.05) is 6.07 Å². The molecule has 0 saturated carbocycles. The molecule has 0 aliphatic carbocycles. The van der Waals surface area contributed by atoms with E-state index in [9.17, 15) is 5.21 Å². The average Bonchev–Trinajstić information content (AvgIpc) is 2.16. The van der Waals surface area contributed by atoms with Crippen LogP contribution in [-0.2, 0) is 0 Å². The molecule has 2 N–H and O–H groups in total. The minimum absolute atomic E-state index is 0.0104. The molecule has 1 aromatic heterocycles. The summed E-state index contributed by atoms with van der Waals surface area (Å²) in [7, 11) is 0. The summed E-state index contributed by atoms with van der Waals surface area (Å²) in [6.07, 6.45) is 0. The second-order valence-electron chi connectivity index (χ2n) is 4.71. The maximum Gasteiger partial charge on any atom is 0.288 e. The monoisotopic (exact) mass is 250 g/mol. The molecule has 0 aliphatic rings. The molecule has 0 amide bonds. The summed E-state index contributed by atoms with van der Waals surface area (Å²) < 4.78 is 0.0933. The topological polar surface area (TPSA) is 78.7 Å². The van der Waals surface area contributed by atoms with Gasteiger partial charge in [-0.3, -0.25) is 0 Å². The van der Waals surface area contributed by atoms with E-state index in [1.54, 1.807) is 23.9 Å². The first-order valence-corrected chi connectivity index (χ1v) is 6.03. The zero-order valence-corrected chi connectivity index (χ0v) is 10.8. The molecule has 2 rings (SSSR count). The van der Waals surface area contributed by atoms with E-state index in [4.69, 9.17) is 5.73 Å². The van der Waals surface area contributed by atoms with Gasteiger partial charge in [-0.15, -0.1) is 11.8 Å². The SMILES string of the molecule is CC(C)(C)Sc1ccc2nc(N)n[n+]([O-])c2c1. The van der Waals surface area contributed by atoms with Gasteiger partial charge in [-0.05, 0) is 17.0 Å². The Morgan fingerprint density at radius 2 is 2.06 bits per heavy atom. The predicted octanol–water partition coefficient (Wildman–Crippen LogP) is 1.74. The minimum Gasteiger partial charge on any atom is -0.594 e. The van der Waals surface area contributed by atoms with Crippen LogP contribution in [0.15, 0.2) is 23.1 Å². The molecule has 1 heterocycles. The number of anilines is 1. The molecule has 0 spiro atoms. The van der Waals surface area contributed by atoms with Crippen LogP contribution in [0.2, 0.25) is 0 Å². The van der Waals surface area contributed by atoms with Gasteiger partial charge < -0.3 is 10.9 Å². The van der Waals surface area contributed by atoms with Gasteiger partial charge in [0.15, 0.2) is 0 Å². The van der Waals surface area contributed by atoms with Crippen molar-refractivity contribution in [2.75, 3.05) is 5.73 Å². The van der Waals surface area contributed by atoms with Crippen LogP contribution in [0.1, 0.15) is 20.8 Å². The van der Waals surface area contributed by atoms with Crippen LogP contribution in [0.4, 0.5) is 5.95 Å². The number of thioether (sulfide) groups is 1. The summed E-state index contributed by atoms with van der Waals surface area (Å²) in [6, 6.07) is 5.51. The second kappa shape index (κ2) is 4.03. The summed E-state index contributed by atoms with van der Waals surface area (Å²) >= 11 is 1.69. The third-order valence-corrected chi connectivity index (χ3v) is 3.11. The molecule has 5 nitrogen and oxygen atoms in total. The van der Waals surface area contributed by atoms with E-state index in [-0.39, 0.29) is 10.7 Å². The highest BCUT2D eigenvalue weighted by molar-refractivity contribution is 8.00. The lowest BCUT2D eigenvalue weighted by atomic mass is 10.3. The molecular formula is C11H14N4OS. The van der Waals surface area contributed by atoms with Crippen molar-refractivity contribution in [2.24, 2.45) is 0 Å². The van der Waals surface area contributed by atoms with Crippen molar-refractivity contribution in [3.05, 3.63) is 23.4 Å². The second-order valence-corrected chi connectivity index (χ2v) is 6.61. The van der Waals surface area contributed by atoms with Gasteiger partial charge in [-0.1, -0.05) is 20.8 Å². The quantitative estimate of drug-likeness (QED) is 0.474. The first kappa shape index (κ1) is 11.9. The van der Waals surface area contributed by atoms with Crippen LogP contribution in [0.5, 0.6) is 0 Å². The highest BCUT2D eigenvalue weighted by Crippen LogP contribution is 2.32. The van der Waals surface area contributed by atoms with Crippen molar-refractivity contribution < 1.29 is 4.85 Å². The van der Waals surface area contributed by atoms with Gasteiger partial charge >= 0.3 is 0 Å². The maximum atomic E-state index is 11.6. The molecule has 0 bridgehead atoms. The van der Waals surface area contributed by atoms with Crippen molar-refractivity contribution >= 4 is 28.7 Å². The smallest absolute Gasteiger partial charge is 0.288 e. The molecule has 0 radical (unpaired) electrons. The number of rotatable bonds is 1. The van der Waals surface area contributed by atoms with Gasteiger partial charge in [0.2, 0.25) is 0 Å². The van der Waals surface area contributed by atoms with Crippen molar-refractivity contribution in [1.82, 2.24) is 10.1 Å². The Morgan fingerprint density at radius 3 is 2.71 bits per heavy atom. The Balaban J connectivity index is 2.51. The van der Waals surface area contributed by atoms with Crippen molar-refractivity contribution in [2.45, 2.75) is 30.4 Å². The molecular weight excluding hydrogens is 236 g/mol. The zero-order chi connectivity index (χ0) is 12.6. The molecule has 0 aliphatic heterocycles. The maximum absolute atomic E-state index is 11.6. The number of nitrogens with zero attached hydrogens (tertiary/aromatic N) is 3. The molecule has 6 heteroatoms. The van der Waals surface area contributed by atoms with E-state index in [0.29, 0.717) is 15.9 Å². The van der Waals surface area contributed by atoms with Gasteiger partial charge in [-0.2, -0.15) is 0 Å². The molecule has 17 heavy (non-hydrogen) atoms. The molecule has 0 atom stereocenters. The fourth-order valence-corrected chi connectivity index (χ4v) is 2.47. The number of nitrogens with two attached hydrogens (primary N) is 1. The van der Waals surface area contributed by atoms with E-state index in [1.165, 1.54) is 0 Å². The Kier molecular flexibility index (Phi) is 2.82. The van der Waals surface area contributed by atoms with Crippen LogP contribution in [0.3, 0.4) is 0 Å². The summed E-state index contributed by atoms with van der Waals surface area (Å²) in [6.45, 7) is 6.35. The summed E-state index contributed by atoms with van der Waals surface area (Å²) in [5.41, 5.74) is 6.42. The van der Waals surface area contributed by atoms with Crippen molar-refractivity contribution in [3.8, 4) is 0 Å². The number of hydrogen-bond donors (Lipinski definition) is 1. The number of nitrogen functional groups attached to an aromatic ring is 1. The van der Waals surface area contributed by atoms with E-state index in [0.717, 1.165) is 4.90 Å². The molecule has 2 aromatic rings. The van der Waals surface area contributed by atoms with Crippen LogP contribution in [0.25, 0.3) is 11.0 Å². The summed E-state index contributed by atoms with van der Waals surface area (Å²) in [5, 5.41) is 15.2. The van der Waals surface area contributed by atoms with E-state index in [2.05, 4.69) is 30.9 Å². The van der Waals surface area contributed by atoms with Crippen LogP contribution < -0.4 is 10.6 Å². The summed E-state index contributed by atoms with van der Waals surface area (Å²) in [4.78, 5) is 5.55. The first-order chi connectivity index (χ1) is 7.85. The minimum atomic E-state index is -0.0104. The van der Waals surface area contributed by atoms with Crippen LogP contribution in [0, 0.1) is 5.21 Å². The van der Waals surface area contributed by atoms with Gasteiger partial charge in [-0.25, -0.2) is 4.98 Å². The van der Waals surface area contributed by atoms with E-state index >= 15 is 0 Å². The molecule has 0 unspecified atom stereocenters. The van der Waals surface area contributed by atoms with Gasteiger partial charge in [0.25, 0.3) is 11.5 Å². The van der Waals surface area contributed by atoms with Crippen LogP contribution >= 0.6 is 11.8 Å². The molecule has 1 aromatic carbocycles. The predicted molar refractivity (Wildman–Crippen MR) is 68.5 cm³/mol. The van der Waals surface area contributed by atoms with Gasteiger partial charge in [0.05, 0.1) is 5.10 Å². The Labute approximate surface area is 104 Å². The van der Waals surface area contributed by atoms with Gasteiger partial charge in [0.1, 0.15) is 5.52 Å². The fourth-order valence-electron chi connectivity index (χ4n) is 1.46. The molecule has 0 fully saturated rings. The number of hydrogen-bond acceptors (Lipinski definition) is 5. The highest BCUT2D eigenvalue weighted by atomic mass is 32.2. The normalized spacial score (nSPS) is 11.9. The van der Waals surface area contributed by atoms with Crippen LogP contribution in [-0.4, -0.2) is 14.8 Å². The highest BCUT2D eigenvalue weighted by Gasteiger charge is 2.15. The third kappa shape index (κ3) is 2.76. The number of benzene rings is 1. The third-order valence-electron chi connectivity index (χ3n) is 2.01. The van der Waals surface area contributed by atoms with Crippen molar-refractivity contribution in [1.29, 1.82) is 0 Å².